The third kappa shape index (κ3) is 3.41. The van der Waals surface area contributed by atoms with Gasteiger partial charge in [-0.15, -0.1) is 0 Å². The quantitative estimate of drug-likeness (QED) is 0.713. The normalized spacial score (nSPS) is 16.4. The smallest absolute Gasteiger partial charge is 0.114 e. The van der Waals surface area contributed by atoms with Gasteiger partial charge in [0.15, 0.2) is 0 Å². The molecule has 0 aromatic carbocycles. The van der Waals surface area contributed by atoms with Crippen LogP contribution in [0.4, 0.5) is 0 Å². The van der Waals surface area contributed by atoms with Gasteiger partial charge in [0.05, 0.1) is 0 Å². The first-order valence-corrected chi connectivity index (χ1v) is 4.16. The van der Waals surface area contributed by atoms with Crippen molar-refractivity contribution in [2.45, 2.75) is 6.92 Å². The minimum atomic E-state index is -2.15. The first-order valence-electron chi connectivity index (χ1n) is 2.13. The Morgan fingerprint density at radius 2 is 2.12 bits per heavy atom. The maximum Gasteiger partial charge on any atom is 0.114 e. The molecule has 0 rings (SSSR count). The van der Waals surface area contributed by atoms with Crippen molar-refractivity contribution in [3.8, 4) is 0 Å². The van der Waals surface area contributed by atoms with Crippen LogP contribution in [0.5, 0.6) is 0 Å². The van der Waals surface area contributed by atoms with Gasteiger partial charge in [0.2, 0.25) is 0 Å². The largest absolute Gasteiger partial charge is 0.353 e. The second kappa shape index (κ2) is 3.25. The van der Waals surface area contributed by atoms with Gasteiger partial charge < -0.3 is 9.42 Å². The zero-order valence-electron chi connectivity index (χ0n) is 5.42. The Balaban J connectivity index is 0. The van der Waals surface area contributed by atoms with Gasteiger partial charge in [-0.2, -0.15) is 0 Å². The summed E-state index contributed by atoms with van der Waals surface area (Å²) in [5.41, 5.74) is 0. The zero-order valence-corrected chi connectivity index (χ0v) is 12.7. The predicted molar refractivity (Wildman–Crippen MR) is 33.8 cm³/mol. The molecule has 0 spiro atoms. The van der Waals surface area contributed by atoms with E-state index in [9.17, 15) is 0 Å². The molecule has 0 aliphatic heterocycles. The van der Waals surface area contributed by atoms with Crippen molar-refractivity contribution in [3.63, 3.8) is 0 Å². The molecule has 0 heterocycles. The molecule has 0 bridgehead atoms. The first kappa shape index (κ1) is 10.3. The van der Waals surface area contributed by atoms with E-state index in [1.807, 2.05) is 6.92 Å². The van der Waals surface area contributed by atoms with Gasteiger partial charge in [-0.25, -0.2) is 0 Å². The van der Waals surface area contributed by atoms with Gasteiger partial charge in [-0.05, 0) is 0 Å². The molecule has 1 N–H and O–H groups in total. The molecular weight excluding hydrogens is 378 g/mol. The minimum absolute atomic E-state index is 0. The molecule has 0 aromatic rings. The Bertz CT molecular complexity index is 86.0. The summed E-state index contributed by atoms with van der Waals surface area (Å²) in [6.45, 7) is 1.85. The van der Waals surface area contributed by atoms with Crippen LogP contribution in [0.2, 0.25) is 0 Å². The van der Waals surface area contributed by atoms with Crippen molar-refractivity contribution in [1.29, 1.82) is 0 Å². The Hall–Kier alpha value is -0.780. The topological polar surface area (TPSA) is 29.5 Å². The van der Waals surface area contributed by atoms with Crippen molar-refractivity contribution >= 4 is 13.6 Å². The maximum atomic E-state index is 8.91. The van der Waals surface area contributed by atoms with Gasteiger partial charge in [0.1, 0.15) is 7.34 Å². The molecule has 0 amide bonds. The fourth-order valence-corrected chi connectivity index (χ4v) is 0.387. The standard InChI is InChI=1S/C4H11O2P.Rf/c1-4-7(3,5)6-2;/h5H,3-4H2,1-2H3;. The molecule has 0 saturated heterocycles. The molecule has 0 saturated carbocycles. The summed E-state index contributed by atoms with van der Waals surface area (Å²) >= 11 is 0. The van der Waals surface area contributed by atoms with Crippen LogP contribution >= 0.6 is 7.34 Å². The summed E-state index contributed by atoms with van der Waals surface area (Å²) in [7, 11) is -0.678. The molecule has 0 radical (unpaired) electrons. The van der Waals surface area contributed by atoms with E-state index in [-0.39, 0.29) is 0 Å². The van der Waals surface area contributed by atoms with E-state index >= 15 is 0 Å². The maximum absolute atomic E-state index is 8.91. The van der Waals surface area contributed by atoms with Crippen molar-refractivity contribution in [2.75, 3.05) is 13.3 Å². The number of hydrogen-bond acceptors (Lipinski definition) is 2. The molecule has 0 aliphatic carbocycles. The fourth-order valence-electron chi connectivity index (χ4n) is 0.129. The van der Waals surface area contributed by atoms with Crippen LogP contribution in [0.1, 0.15) is 6.92 Å². The summed E-state index contributed by atoms with van der Waals surface area (Å²) in [6.07, 6.45) is 4.08. The van der Waals surface area contributed by atoms with Crippen LogP contribution in [0, 0.1) is 0 Å². The van der Waals surface area contributed by atoms with E-state index < -0.39 is 7.34 Å². The number of hydrogen-bond donors (Lipinski definition) is 1. The molecule has 4 heteroatoms. The van der Waals surface area contributed by atoms with E-state index in [1.165, 1.54) is 7.11 Å². The molecule has 1 atom stereocenters. The predicted octanol–water partition coefficient (Wildman–Crippen LogP) is 0.925. The van der Waals surface area contributed by atoms with Crippen LogP contribution in [0.15, 0.2) is 0 Å². The van der Waals surface area contributed by atoms with Gasteiger partial charge in [0, 0.05) is 13.3 Å². The number of rotatable bonds is 2. The van der Waals surface area contributed by atoms with Crippen LogP contribution < -0.4 is 0 Å². The minimum Gasteiger partial charge on any atom is -0.353 e. The SMILES string of the molecule is C=P(O)(CC)OC.[Rf]. The molecule has 8 heavy (non-hydrogen) atoms. The van der Waals surface area contributed by atoms with Gasteiger partial charge in [-0.1, -0.05) is 13.2 Å². The van der Waals surface area contributed by atoms with Crippen LogP contribution in [0.25, 0.3) is 0 Å². The zero-order chi connectivity index (χ0) is 5.91. The second-order valence-corrected chi connectivity index (χ2v) is 4.04. The summed E-state index contributed by atoms with van der Waals surface area (Å²) in [6, 6.07) is 0. The Morgan fingerprint density at radius 1 is 1.75 bits per heavy atom. The monoisotopic (exact) mass is 389 g/mol. The van der Waals surface area contributed by atoms with E-state index in [2.05, 4.69) is 10.8 Å². The van der Waals surface area contributed by atoms with Crippen molar-refractivity contribution < 1.29 is 9.42 Å². The molecule has 0 aromatic heterocycles. The van der Waals surface area contributed by atoms with Crippen molar-refractivity contribution in [1.82, 2.24) is 0 Å². The molecule has 0 fully saturated rings. The first-order chi connectivity index (χ1) is 3.12. The van der Waals surface area contributed by atoms with Crippen molar-refractivity contribution in [3.05, 3.63) is 0 Å². The summed E-state index contributed by atoms with van der Waals surface area (Å²) in [5.74, 6) is 0. The van der Waals surface area contributed by atoms with E-state index in [0.717, 1.165) is 0 Å². The molecule has 1 unspecified atom stereocenters. The molecule has 46 valence electrons. The second-order valence-electron chi connectivity index (χ2n) is 1.35. The van der Waals surface area contributed by atoms with Crippen LogP contribution in [-0.2, 0) is 4.52 Å². The Labute approximate surface area is 44.3 Å². The van der Waals surface area contributed by atoms with Crippen LogP contribution in [-0.4, -0.2) is 24.5 Å². The van der Waals surface area contributed by atoms with Crippen LogP contribution in [0.3, 0.4) is 0 Å². The summed E-state index contributed by atoms with van der Waals surface area (Å²) in [5, 5.41) is 0. The van der Waals surface area contributed by atoms with Gasteiger partial charge in [-0.3, -0.25) is 0 Å². The van der Waals surface area contributed by atoms with E-state index in [4.69, 9.17) is 4.89 Å². The fraction of sp³-hybridized carbons (Fsp3) is 0.750. The van der Waals surface area contributed by atoms with Gasteiger partial charge >= 0.3 is 0 Å². The molecule has 2 nitrogen and oxygen atoms in total. The Kier molecular flexibility index (Phi) is 4.17. The summed E-state index contributed by atoms with van der Waals surface area (Å²) < 4.78 is 4.64. The van der Waals surface area contributed by atoms with E-state index in [0.29, 0.717) is 6.16 Å². The third-order valence-corrected chi connectivity index (χ3v) is 2.50. The van der Waals surface area contributed by atoms with Crippen molar-refractivity contribution in [2.24, 2.45) is 0 Å². The third-order valence-electron chi connectivity index (χ3n) is 0.834. The molecular formula is C4H11O2PRf. The average Bonchev–Trinajstić information content (AvgIpc) is 1.68. The molecule has 0 aliphatic rings. The Morgan fingerprint density at radius 3 is 2.12 bits per heavy atom. The van der Waals surface area contributed by atoms with E-state index in [1.54, 1.807) is 0 Å². The van der Waals surface area contributed by atoms with Gasteiger partial charge in [0.25, 0.3) is 0 Å². The summed E-state index contributed by atoms with van der Waals surface area (Å²) in [4.78, 5) is 8.91. The average molecular weight is 389 g/mol.